The highest BCUT2D eigenvalue weighted by Gasteiger charge is 2.52. The first-order valence-corrected chi connectivity index (χ1v) is 8.88. The molecule has 8 nitrogen and oxygen atoms in total. The monoisotopic (exact) mass is 351 g/mol. The molecule has 3 aliphatic heterocycles. The highest BCUT2D eigenvalue weighted by molar-refractivity contribution is 5.76. The molecule has 1 amide bonds. The maximum atomic E-state index is 11.4. The lowest BCUT2D eigenvalue weighted by molar-refractivity contribution is -0.186. The third kappa shape index (κ3) is 3.32. The Hall–Kier alpha value is -1.45. The maximum Gasteiger partial charge on any atom is 0.220 e. The summed E-state index contributed by atoms with van der Waals surface area (Å²) in [5.41, 5.74) is 5.41. The third-order valence-electron chi connectivity index (χ3n) is 5.58. The first-order chi connectivity index (χ1) is 12.1. The molecule has 3 saturated heterocycles. The Morgan fingerprint density at radius 1 is 1.40 bits per heavy atom. The minimum absolute atomic E-state index is 0.0805. The van der Waals surface area contributed by atoms with Crippen LogP contribution in [0.15, 0.2) is 22.8 Å². The van der Waals surface area contributed by atoms with Crippen LogP contribution in [0.2, 0.25) is 0 Å². The van der Waals surface area contributed by atoms with Crippen LogP contribution in [-0.2, 0) is 20.8 Å². The van der Waals surface area contributed by atoms with Crippen molar-refractivity contribution in [2.75, 3.05) is 19.7 Å². The number of furan rings is 1. The van der Waals surface area contributed by atoms with Gasteiger partial charge in [0.25, 0.3) is 0 Å². The SMILES string of the molecule is NC(=O)C1CCN(C2C3OCC(O3)C(NCc3ccco3)C2O)CC1. The van der Waals surface area contributed by atoms with Crippen molar-refractivity contribution in [3.8, 4) is 0 Å². The molecule has 0 aliphatic carbocycles. The number of amides is 1. The van der Waals surface area contributed by atoms with E-state index in [4.69, 9.17) is 19.6 Å². The number of carbonyl (C=O) groups is 1. The summed E-state index contributed by atoms with van der Waals surface area (Å²) in [5.74, 6) is 0.491. The van der Waals surface area contributed by atoms with E-state index in [1.807, 2.05) is 12.1 Å². The van der Waals surface area contributed by atoms with Gasteiger partial charge in [-0.15, -0.1) is 0 Å². The van der Waals surface area contributed by atoms with Crippen LogP contribution in [0.25, 0.3) is 0 Å². The van der Waals surface area contributed by atoms with Crippen molar-refractivity contribution in [2.24, 2.45) is 11.7 Å². The van der Waals surface area contributed by atoms with Crippen molar-refractivity contribution < 1.29 is 23.8 Å². The number of ether oxygens (including phenoxy) is 2. The van der Waals surface area contributed by atoms with Crippen molar-refractivity contribution >= 4 is 5.91 Å². The number of nitrogens with two attached hydrogens (primary N) is 1. The lowest BCUT2D eigenvalue weighted by atomic mass is 9.90. The molecule has 3 aliphatic rings. The Morgan fingerprint density at radius 2 is 2.20 bits per heavy atom. The molecule has 5 atom stereocenters. The molecule has 2 bridgehead atoms. The van der Waals surface area contributed by atoms with E-state index in [-0.39, 0.29) is 30.0 Å². The van der Waals surface area contributed by atoms with Crippen molar-refractivity contribution in [2.45, 2.75) is 50.0 Å². The summed E-state index contributed by atoms with van der Waals surface area (Å²) in [5, 5.41) is 14.3. The van der Waals surface area contributed by atoms with Gasteiger partial charge in [-0.1, -0.05) is 0 Å². The van der Waals surface area contributed by atoms with E-state index < -0.39 is 12.4 Å². The summed E-state index contributed by atoms with van der Waals surface area (Å²) >= 11 is 0. The van der Waals surface area contributed by atoms with Gasteiger partial charge in [-0.3, -0.25) is 9.69 Å². The molecular formula is C17H25N3O5. The van der Waals surface area contributed by atoms with Crippen LogP contribution in [0, 0.1) is 5.92 Å². The predicted octanol–water partition coefficient (Wildman–Crippen LogP) is -0.580. The first kappa shape index (κ1) is 17.0. The second kappa shape index (κ2) is 7.05. The molecule has 8 heteroatoms. The Kier molecular flexibility index (Phi) is 4.79. The molecule has 0 aromatic carbocycles. The van der Waals surface area contributed by atoms with Crippen LogP contribution in [-0.4, -0.2) is 66.2 Å². The molecule has 0 radical (unpaired) electrons. The van der Waals surface area contributed by atoms with E-state index in [1.54, 1.807) is 6.26 Å². The smallest absolute Gasteiger partial charge is 0.220 e. The lowest BCUT2D eigenvalue weighted by Gasteiger charge is -2.45. The number of primary amides is 1. The van der Waals surface area contributed by atoms with Crippen molar-refractivity contribution in [3.05, 3.63) is 24.2 Å². The first-order valence-electron chi connectivity index (χ1n) is 8.88. The fourth-order valence-electron chi connectivity index (χ4n) is 4.16. The summed E-state index contributed by atoms with van der Waals surface area (Å²) in [4.78, 5) is 13.5. The summed E-state index contributed by atoms with van der Waals surface area (Å²) in [6.07, 6.45) is 1.83. The molecule has 5 unspecified atom stereocenters. The highest BCUT2D eigenvalue weighted by Crippen LogP contribution is 2.33. The summed E-state index contributed by atoms with van der Waals surface area (Å²) in [7, 11) is 0. The van der Waals surface area contributed by atoms with Gasteiger partial charge in [0.2, 0.25) is 5.91 Å². The number of piperidine rings is 1. The topological polar surface area (TPSA) is 110 Å². The largest absolute Gasteiger partial charge is 0.468 e. The van der Waals surface area contributed by atoms with E-state index in [0.29, 0.717) is 39.1 Å². The molecule has 4 heterocycles. The van der Waals surface area contributed by atoms with Crippen LogP contribution in [0.5, 0.6) is 0 Å². The molecule has 4 rings (SSSR count). The normalized spacial score (nSPS) is 36.6. The second-order valence-corrected chi connectivity index (χ2v) is 7.06. The van der Waals surface area contributed by atoms with Gasteiger partial charge in [0, 0.05) is 5.92 Å². The number of rotatable bonds is 5. The standard InChI is InChI=1S/C17H25N3O5/c18-16(22)10-3-5-20(6-4-10)14-15(21)13(12-9-24-17(14)25-12)19-8-11-2-1-7-23-11/h1-2,7,10,12-15,17,19,21H,3-6,8-9H2,(H2,18,22). The number of hydrogen-bond donors (Lipinski definition) is 3. The van der Waals surface area contributed by atoms with Gasteiger partial charge in [0.15, 0.2) is 6.29 Å². The summed E-state index contributed by atoms with van der Waals surface area (Å²) in [6.45, 7) is 2.39. The molecule has 1 aromatic heterocycles. The molecule has 0 saturated carbocycles. The second-order valence-electron chi connectivity index (χ2n) is 7.06. The van der Waals surface area contributed by atoms with Crippen molar-refractivity contribution in [3.63, 3.8) is 0 Å². The Bertz CT molecular complexity index is 587. The van der Waals surface area contributed by atoms with Crippen LogP contribution < -0.4 is 11.1 Å². The van der Waals surface area contributed by atoms with E-state index in [2.05, 4.69) is 10.2 Å². The number of nitrogens with zero attached hydrogens (tertiary/aromatic N) is 1. The molecule has 3 fully saturated rings. The number of fused-ring (bicyclic) bond motifs is 2. The lowest BCUT2D eigenvalue weighted by Crippen LogP contribution is -2.65. The van der Waals surface area contributed by atoms with Gasteiger partial charge in [-0.05, 0) is 38.1 Å². The third-order valence-corrected chi connectivity index (χ3v) is 5.58. The number of likely N-dealkylation sites (tertiary alicyclic amines) is 1. The Balaban J connectivity index is 1.42. The summed E-state index contributed by atoms with van der Waals surface area (Å²) in [6, 6.07) is 3.25. The van der Waals surface area contributed by atoms with Gasteiger partial charge >= 0.3 is 0 Å². The zero-order valence-corrected chi connectivity index (χ0v) is 14.0. The minimum atomic E-state index is -0.619. The Morgan fingerprint density at radius 3 is 2.88 bits per heavy atom. The van der Waals surface area contributed by atoms with E-state index >= 15 is 0 Å². The van der Waals surface area contributed by atoms with Crippen molar-refractivity contribution in [1.82, 2.24) is 10.2 Å². The van der Waals surface area contributed by atoms with Gasteiger partial charge in [0.1, 0.15) is 11.9 Å². The van der Waals surface area contributed by atoms with Gasteiger partial charge < -0.3 is 30.0 Å². The zero-order chi connectivity index (χ0) is 17.4. The molecule has 4 N–H and O–H groups in total. The maximum absolute atomic E-state index is 11.4. The quantitative estimate of drug-likeness (QED) is 0.651. The number of nitrogens with one attached hydrogen (secondary N) is 1. The van der Waals surface area contributed by atoms with E-state index in [9.17, 15) is 9.90 Å². The van der Waals surface area contributed by atoms with Crippen molar-refractivity contribution in [1.29, 1.82) is 0 Å². The molecule has 25 heavy (non-hydrogen) atoms. The van der Waals surface area contributed by atoms with E-state index in [0.717, 1.165) is 5.76 Å². The van der Waals surface area contributed by atoms with Crippen LogP contribution in [0.3, 0.4) is 0 Å². The molecule has 138 valence electrons. The summed E-state index contributed by atoms with van der Waals surface area (Å²) < 4.78 is 17.1. The van der Waals surface area contributed by atoms with Crippen LogP contribution in [0.1, 0.15) is 18.6 Å². The van der Waals surface area contributed by atoms with Gasteiger partial charge in [-0.25, -0.2) is 0 Å². The molecule has 0 spiro atoms. The fourth-order valence-corrected chi connectivity index (χ4v) is 4.16. The van der Waals surface area contributed by atoms with Crippen LogP contribution in [0.4, 0.5) is 0 Å². The van der Waals surface area contributed by atoms with Gasteiger partial charge in [0.05, 0.1) is 37.6 Å². The number of aliphatic hydroxyl groups is 1. The number of aliphatic hydroxyl groups excluding tert-OH is 1. The van der Waals surface area contributed by atoms with Crippen LogP contribution >= 0.6 is 0 Å². The minimum Gasteiger partial charge on any atom is -0.468 e. The predicted molar refractivity (Wildman–Crippen MR) is 87.2 cm³/mol. The molecule has 1 aromatic rings. The zero-order valence-electron chi connectivity index (χ0n) is 14.0. The number of carbonyl (C=O) groups excluding carboxylic acids is 1. The average Bonchev–Trinajstić information content (AvgIpc) is 3.26. The van der Waals surface area contributed by atoms with Gasteiger partial charge in [-0.2, -0.15) is 0 Å². The highest BCUT2D eigenvalue weighted by atomic mass is 16.7. The fraction of sp³-hybridized carbons (Fsp3) is 0.706. The van der Waals surface area contributed by atoms with E-state index in [1.165, 1.54) is 0 Å². The molecular weight excluding hydrogens is 326 g/mol. The average molecular weight is 351 g/mol. The Labute approximate surface area is 146 Å². The number of hydrogen-bond acceptors (Lipinski definition) is 7.